The summed E-state index contributed by atoms with van der Waals surface area (Å²) in [5, 5.41) is 10.1. The third kappa shape index (κ3) is 2.45. The van der Waals surface area contributed by atoms with Gasteiger partial charge < -0.3 is 10.5 Å². The van der Waals surface area contributed by atoms with Gasteiger partial charge in [0.1, 0.15) is 17.9 Å². The van der Waals surface area contributed by atoms with Gasteiger partial charge in [0.25, 0.3) is 0 Å². The quantitative estimate of drug-likeness (QED) is 0.911. The minimum Gasteiger partial charge on any atom is -0.488 e. The molecule has 2 aromatic rings. The van der Waals surface area contributed by atoms with Crippen LogP contribution in [0.5, 0.6) is 5.75 Å². The Morgan fingerprint density at radius 1 is 1.17 bits per heavy atom. The second kappa shape index (κ2) is 5.67. The molecule has 2 N–H and O–H groups in total. The van der Waals surface area contributed by atoms with Crippen LogP contribution in [-0.2, 0) is 0 Å². The summed E-state index contributed by atoms with van der Waals surface area (Å²) in [5.74, 6) is 0.764. The van der Waals surface area contributed by atoms with Crippen LogP contribution in [0, 0.1) is 22.2 Å². The van der Waals surface area contributed by atoms with Crippen molar-refractivity contribution < 1.29 is 4.74 Å². The Labute approximate surface area is 143 Å². The first kappa shape index (κ1) is 17.5. The van der Waals surface area contributed by atoms with Crippen molar-refractivity contribution in [2.45, 2.75) is 39.8 Å². The highest BCUT2D eigenvalue weighted by Gasteiger charge is 2.61. The number of ether oxygens (including phenoxy) is 1. The van der Waals surface area contributed by atoms with Gasteiger partial charge in [0.05, 0.1) is 11.1 Å². The van der Waals surface area contributed by atoms with E-state index in [2.05, 4.69) is 38.7 Å². The molecule has 0 unspecified atom stereocenters. The number of fused-ring (bicyclic) bond motifs is 1. The molecule has 1 aromatic heterocycles. The molecule has 23 heavy (non-hydrogen) atoms. The van der Waals surface area contributed by atoms with Gasteiger partial charge in [-0.2, -0.15) is 5.26 Å². The molecule has 0 aliphatic heterocycles. The Morgan fingerprint density at radius 2 is 1.83 bits per heavy atom. The average molecular weight is 332 g/mol. The average Bonchev–Trinajstić information content (AvgIpc) is 2.51. The summed E-state index contributed by atoms with van der Waals surface area (Å²) in [5.41, 5.74) is 7.36. The Kier molecular flexibility index (Phi) is 4.32. The number of hydrogen-bond acceptors (Lipinski definition) is 4. The molecule has 0 radical (unpaired) electrons. The van der Waals surface area contributed by atoms with Crippen molar-refractivity contribution in [2.24, 2.45) is 16.6 Å². The minimum atomic E-state index is -0.0913. The van der Waals surface area contributed by atoms with Gasteiger partial charge in [-0.15, -0.1) is 12.4 Å². The zero-order chi connectivity index (χ0) is 16.1. The third-order valence-electron chi connectivity index (χ3n) is 5.05. The first-order valence-electron chi connectivity index (χ1n) is 7.50. The number of rotatable bonds is 2. The van der Waals surface area contributed by atoms with E-state index in [1.165, 1.54) is 0 Å². The molecule has 3 rings (SSSR count). The number of pyridine rings is 1. The van der Waals surface area contributed by atoms with Gasteiger partial charge in [-0.3, -0.25) is 4.98 Å². The fourth-order valence-electron chi connectivity index (χ4n) is 3.92. The fourth-order valence-corrected chi connectivity index (χ4v) is 3.92. The van der Waals surface area contributed by atoms with Crippen molar-refractivity contribution in [3.05, 3.63) is 36.0 Å². The van der Waals surface area contributed by atoms with Crippen LogP contribution in [0.4, 0.5) is 0 Å². The highest BCUT2D eigenvalue weighted by molar-refractivity contribution is 5.89. The molecule has 122 valence electrons. The molecule has 5 heteroatoms. The third-order valence-corrected chi connectivity index (χ3v) is 5.05. The Balaban J connectivity index is 0.00000192. The SMILES string of the molecule is CC1(C)C(N)C(C)(C)C1Oc1ccc(C#N)c2ncccc12.Cl. The standard InChI is InChI=1S/C18H21N3O.ClH/c1-17(2)15(20)18(3,4)16(17)22-13-8-7-11(10-19)14-12(13)6-5-9-21-14;/h5-9,15-16H,20H2,1-4H3;1H. The van der Waals surface area contributed by atoms with Gasteiger partial charge in [0.15, 0.2) is 0 Å². The molecular formula is C18H22ClN3O. The first-order chi connectivity index (χ1) is 10.3. The van der Waals surface area contributed by atoms with Crippen molar-refractivity contribution >= 4 is 23.3 Å². The molecular weight excluding hydrogens is 310 g/mol. The van der Waals surface area contributed by atoms with E-state index >= 15 is 0 Å². The van der Waals surface area contributed by atoms with E-state index in [0.29, 0.717) is 11.1 Å². The van der Waals surface area contributed by atoms with Crippen molar-refractivity contribution in [3.8, 4) is 11.8 Å². The maximum absolute atomic E-state index is 9.22. The first-order valence-corrected chi connectivity index (χ1v) is 7.50. The number of aromatic nitrogens is 1. The van der Waals surface area contributed by atoms with Crippen LogP contribution >= 0.6 is 12.4 Å². The number of nitrogens with zero attached hydrogens (tertiary/aromatic N) is 2. The van der Waals surface area contributed by atoms with Crippen LogP contribution in [-0.4, -0.2) is 17.1 Å². The summed E-state index contributed by atoms with van der Waals surface area (Å²) in [4.78, 5) is 4.32. The zero-order valence-electron chi connectivity index (χ0n) is 13.8. The predicted octanol–water partition coefficient (Wildman–Crippen LogP) is 3.67. The molecule has 0 atom stereocenters. The van der Waals surface area contributed by atoms with Crippen molar-refractivity contribution in [2.75, 3.05) is 0 Å². The Hall–Kier alpha value is -1.83. The smallest absolute Gasteiger partial charge is 0.129 e. The molecule has 1 aromatic carbocycles. The van der Waals surface area contributed by atoms with E-state index in [1.54, 1.807) is 12.3 Å². The summed E-state index contributed by atoms with van der Waals surface area (Å²) in [6.07, 6.45) is 1.71. The summed E-state index contributed by atoms with van der Waals surface area (Å²) < 4.78 is 6.33. The lowest BCUT2D eigenvalue weighted by molar-refractivity contribution is -0.154. The zero-order valence-corrected chi connectivity index (χ0v) is 14.6. The second-order valence-electron chi connectivity index (χ2n) is 7.24. The minimum absolute atomic E-state index is 0. The second-order valence-corrected chi connectivity index (χ2v) is 7.24. The van der Waals surface area contributed by atoms with Crippen LogP contribution in [0.15, 0.2) is 30.5 Å². The van der Waals surface area contributed by atoms with Crippen LogP contribution in [0.1, 0.15) is 33.3 Å². The molecule has 0 saturated heterocycles. The van der Waals surface area contributed by atoms with Gasteiger partial charge in [-0.05, 0) is 24.3 Å². The van der Waals surface area contributed by atoms with Crippen molar-refractivity contribution in [1.29, 1.82) is 5.26 Å². The van der Waals surface area contributed by atoms with Crippen LogP contribution in [0.2, 0.25) is 0 Å². The maximum atomic E-state index is 9.22. The van der Waals surface area contributed by atoms with Crippen LogP contribution in [0.25, 0.3) is 10.9 Å². The maximum Gasteiger partial charge on any atom is 0.129 e. The molecule has 1 aliphatic rings. The number of nitriles is 1. The highest BCUT2D eigenvalue weighted by Crippen LogP contribution is 2.54. The normalized spacial score (nSPS) is 24.2. The molecule has 4 nitrogen and oxygen atoms in total. The molecule has 1 fully saturated rings. The van der Waals surface area contributed by atoms with Crippen LogP contribution < -0.4 is 10.5 Å². The molecule has 1 heterocycles. The molecule has 1 aliphatic carbocycles. The van der Waals surface area contributed by atoms with E-state index < -0.39 is 0 Å². The lowest BCUT2D eigenvalue weighted by atomic mass is 9.50. The van der Waals surface area contributed by atoms with Gasteiger partial charge in [0.2, 0.25) is 0 Å². The lowest BCUT2D eigenvalue weighted by Gasteiger charge is -2.61. The number of benzene rings is 1. The van der Waals surface area contributed by atoms with Gasteiger partial charge in [-0.1, -0.05) is 27.7 Å². The molecule has 0 bridgehead atoms. The van der Waals surface area contributed by atoms with E-state index in [9.17, 15) is 5.26 Å². The monoisotopic (exact) mass is 331 g/mol. The molecule has 0 amide bonds. The van der Waals surface area contributed by atoms with Gasteiger partial charge in [-0.25, -0.2) is 0 Å². The summed E-state index contributed by atoms with van der Waals surface area (Å²) >= 11 is 0. The van der Waals surface area contributed by atoms with E-state index in [-0.39, 0.29) is 35.4 Å². The van der Waals surface area contributed by atoms with E-state index in [0.717, 1.165) is 11.1 Å². The van der Waals surface area contributed by atoms with Gasteiger partial charge >= 0.3 is 0 Å². The topological polar surface area (TPSA) is 71.9 Å². The number of halogens is 1. The largest absolute Gasteiger partial charge is 0.488 e. The van der Waals surface area contributed by atoms with Crippen LogP contribution in [0.3, 0.4) is 0 Å². The molecule has 0 spiro atoms. The van der Waals surface area contributed by atoms with Crippen molar-refractivity contribution in [3.63, 3.8) is 0 Å². The fraction of sp³-hybridized carbons (Fsp3) is 0.444. The van der Waals surface area contributed by atoms with Gasteiger partial charge in [0, 0.05) is 28.5 Å². The Morgan fingerprint density at radius 3 is 2.43 bits per heavy atom. The Bertz CT molecular complexity index is 763. The summed E-state index contributed by atoms with van der Waals surface area (Å²) in [6.45, 7) is 8.55. The summed E-state index contributed by atoms with van der Waals surface area (Å²) in [7, 11) is 0. The predicted molar refractivity (Wildman–Crippen MR) is 93.7 cm³/mol. The molecule has 1 saturated carbocycles. The highest BCUT2D eigenvalue weighted by atomic mass is 35.5. The lowest BCUT2D eigenvalue weighted by Crippen LogP contribution is -2.72. The van der Waals surface area contributed by atoms with Crippen molar-refractivity contribution in [1.82, 2.24) is 4.98 Å². The number of nitrogens with two attached hydrogens (primary N) is 1. The van der Waals surface area contributed by atoms with E-state index in [1.807, 2.05) is 18.2 Å². The summed E-state index contributed by atoms with van der Waals surface area (Å²) in [6, 6.07) is 9.70. The number of hydrogen-bond donors (Lipinski definition) is 1. The van der Waals surface area contributed by atoms with E-state index in [4.69, 9.17) is 10.5 Å².